The van der Waals surface area contributed by atoms with Gasteiger partial charge in [0.25, 0.3) is 0 Å². The Balaban J connectivity index is 2.00. The average molecular weight is 322 g/mol. The topological polar surface area (TPSA) is 14.2 Å². The highest BCUT2D eigenvalue weighted by atomic mass is 79.9. The lowest BCUT2D eigenvalue weighted by Crippen LogP contribution is -1.96. The molecule has 0 radical (unpaired) electrons. The fraction of sp³-hybridized carbons (Fsp3) is 0.143. The van der Waals surface area contributed by atoms with Crippen LogP contribution >= 0.6 is 27.3 Å². The molecule has 0 bridgehead atoms. The minimum atomic E-state index is 0.897. The van der Waals surface area contributed by atoms with E-state index in [1.807, 2.05) is 6.07 Å². The van der Waals surface area contributed by atoms with Crippen molar-refractivity contribution in [2.45, 2.75) is 6.54 Å². The maximum atomic E-state index is 5.24. The molecule has 0 fully saturated rings. The predicted octanol–water partition coefficient (Wildman–Crippen LogP) is 4.52. The molecule has 0 N–H and O–H groups in total. The molecule has 0 atom stereocenters. The highest BCUT2D eigenvalue weighted by Gasteiger charge is 2.06. The van der Waals surface area contributed by atoms with Gasteiger partial charge in [0.05, 0.1) is 13.7 Å². The first-order chi connectivity index (χ1) is 8.78. The SMILES string of the molecule is COc1ccc2c(ccn2Cc2sccc2Br)c1. The summed E-state index contributed by atoms with van der Waals surface area (Å²) in [6.45, 7) is 0.897. The third kappa shape index (κ3) is 2.06. The van der Waals surface area contributed by atoms with Crippen molar-refractivity contribution in [2.75, 3.05) is 7.11 Å². The van der Waals surface area contributed by atoms with Gasteiger partial charge in [0.1, 0.15) is 5.75 Å². The Hall–Kier alpha value is -1.26. The molecule has 0 aliphatic heterocycles. The zero-order valence-corrected chi connectivity index (χ0v) is 12.3. The van der Waals surface area contributed by atoms with Crippen LogP contribution in [0.2, 0.25) is 0 Å². The summed E-state index contributed by atoms with van der Waals surface area (Å²) >= 11 is 5.35. The smallest absolute Gasteiger partial charge is 0.119 e. The Bertz CT molecular complexity index is 686. The van der Waals surface area contributed by atoms with Crippen LogP contribution in [0.3, 0.4) is 0 Å². The number of thiophene rings is 1. The van der Waals surface area contributed by atoms with Crippen molar-refractivity contribution in [3.63, 3.8) is 0 Å². The van der Waals surface area contributed by atoms with Crippen molar-refractivity contribution in [1.82, 2.24) is 4.57 Å². The lowest BCUT2D eigenvalue weighted by Gasteiger charge is -2.05. The summed E-state index contributed by atoms with van der Waals surface area (Å²) in [6.07, 6.45) is 2.12. The number of hydrogen-bond donors (Lipinski definition) is 0. The molecule has 4 heteroatoms. The molecule has 3 rings (SSSR count). The van der Waals surface area contributed by atoms with E-state index in [9.17, 15) is 0 Å². The van der Waals surface area contributed by atoms with Crippen LogP contribution < -0.4 is 4.74 Å². The summed E-state index contributed by atoms with van der Waals surface area (Å²) in [6, 6.07) is 10.4. The van der Waals surface area contributed by atoms with E-state index in [0.717, 1.165) is 12.3 Å². The van der Waals surface area contributed by atoms with E-state index < -0.39 is 0 Å². The second-order valence-electron chi connectivity index (χ2n) is 4.06. The van der Waals surface area contributed by atoms with Gasteiger partial charge in [-0.3, -0.25) is 0 Å². The largest absolute Gasteiger partial charge is 0.497 e. The number of nitrogens with zero attached hydrogens (tertiary/aromatic N) is 1. The summed E-state index contributed by atoms with van der Waals surface area (Å²) in [7, 11) is 1.70. The molecule has 1 aromatic carbocycles. The first kappa shape index (κ1) is 11.8. The Morgan fingerprint density at radius 3 is 2.89 bits per heavy atom. The van der Waals surface area contributed by atoms with Crippen molar-refractivity contribution in [2.24, 2.45) is 0 Å². The number of rotatable bonds is 3. The van der Waals surface area contributed by atoms with Crippen molar-refractivity contribution in [1.29, 1.82) is 0 Å². The van der Waals surface area contributed by atoms with Crippen LogP contribution in [0.15, 0.2) is 46.4 Å². The number of hydrogen-bond acceptors (Lipinski definition) is 2. The van der Waals surface area contributed by atoms with Crippen LogP contribution in [0, 0.1) is 0 Å². The first-order valence-corrected chi connectivity index (χ1v) is 7.30. The lowest BCUT2D eigenvalue weighted by atomic mass is 10.2. The highest BCUT2D eigenvalue weighted by Crippen LogP contribution is 2.27. The van der Waals surface area contributed by atoms with Crippen molar-refractivity contribution in [3.8, 4) is 5.75 Å². The normalized spacial score (nSPS) is 11.0. The lowest BCUT2D eigenvalue weighted by molar-refractivity contribution is 0.415. The quantitative estimate of drug-likeness (QED) is 0.691. The summed E-state index contributed by atoms with van der Waals surface area (Å²) in [5.74, 6) is 0.901. The zero-order chi connectivity index (χ0) is 12.5. The number of aromatic nitrogens is 1. The number of ether oxygens (including phenoxy) is 1. The molecule has 0 unspecified atom stereocenters. The van der Waals surface area contributed by atoms with Gasteiger partial charge in [-0.15, -0.1) is 11.3 Å². The number of fused-ring (bicyclic) bond motifs is 1. The highest BCUT2D eigenvalue weighted by molar-refractivity contribution is 9.10. The fourth-order valence-corrected chi connectivity index (χ4v) is 3.51. The summed E-state index contributed by atoms with van der Waals surface area (Å²) < 4.78 is 8.68. The van der Waals surface area contributed by atoms with Crippen molar-refractivity contribution < 1.29 is 4.74 Å². The summed E-state index contributed by atoms with van der Waals surface area (Å²) in [5, 5.41) is 3.32. The van der Waals surface area contributed by atoms with Gasteiger partial charge in [-0.25, -0.2) is 0 Å². The third-order valence-corrected chi connectivity index (χ3v) is 4.89. The molecule has 0 spiro atoms. The molecule has 18 heavy (non-hydrogen) atoms. The zero-order valence-electron chi connectivity index (χ0n) is 9.89. The van der Waals surface area contributed by atoms with Crippen LogP contribution in [0.25, 0.3) is 10.9 Å². The standard InChI is InChI=1S/C14H12BrNOS/c1-17-11-2-3-13-10(8-11)4-6-16(13)9-14-12(15)5-7-18-14/h2-8H,9H2,1H3. The van der Waals surface area contributed by atoms with Gasteiger partial charge >= 0.3 is 0 Å². The molecule has 0 saturated carbocycles. The second kappa shape index (κ2) is 4.78. The molecule has 0 aliphatic carbocycles. The van der Waals surface area contributed by atoms with Gasteiger partial charge in [-0.05, 0) is 51.6 Å². The van der Waals surface area contributed by atoms with Gasteiger partial charge in [0, 0.05) is 26.4 Å². The van der Waals surface area contributed by atoms with E-state index in [4.69, 9.17) is 4.74 Å². The van der Waals surface area contributed by atoms with Crippen LogP contribution in [0.4, 0.5) is 0 Å². The Kier molecular flexibility index (Phi) is 3.14. The molecule has 0 saturated heterocycles. The van der Waals surface area contributed by atoms with E-state index in [1.165, 1.54) is 20.3 Å². The van der Waals surface area contributed by atoms with Crippen molar-refractivity contribution >= 4 is 38.2 Å². The summed E-state index contributed by atoms with van der Waals surface area (Å²) in [5.41, 5.74) is 1.23. The molecule has 3 aromatic rings. The van der Waals surface area contributed by atoms with E-state index in [0.29, 0.717) is 0 Å². The van der Waals surface area contributed by atoms with E-state index in [-0.39, 0.29) is 0 Å². The van der Waals surface area contributed by atoms with Crippen LogP contribution in [0.5, 0.6) is 5.75 Å². The average Bonchev–Trinajstić information content (AvgIpc) is 2.97. The Morgan fingerprint density at radius 2 is 2.17 bits per heavy atom. The van der Waals surface area contributed by atoms with Gasteiger partial charge in [0.15, 0.2) is 0 Å². The minimum absolute atomic E-state index is 0.897. The number of methoxy groups -OCH3 is 1. The van der Waals surface area contributed by atoms with Gasteiger partial charge in [-0.2, -0.15) is 0 Å². The monoisotopic (exact) mass is 321 g/mol. The maximum Gasteiger partial charge on any atom is 0.119 e. The minimum Gasteiger partial charge on any atom is -0.497 e. The van der Waals surface area contributed by atoms with Crippen LogP contribution in [-0.4, -0.2) is 11.7 Å². The maximum absolute atomic E-state index is 5.24. The summed E-state index contributed by atoms with van der Waals surface area (Å²) in [4.78, 5) is 1.34. The molecule has 0 amide bonds. The molecule has 2 heterocycles. The van der Waals surface area contributed by atoms with E-state index in [2.05, 4.69) is 56.3 Å². The van der Waals surface area contributed by atoms with Gasteiger partial charge in [-0.1, -0.05) is 0 Å². The van der Waals surface area contributed by atoms with Crippen LogP contribution in [0.1, 0.15) is 4.88 Å². The van der Waals surface area contributed by atoms with Crippen molar-refractivity contribution in [3.05, 3.63) is 51.3 Å². The Morgan fingerprint density at radius 1 is 1.28 bits per heavy atom. The van der Waals surface area contributed by atoms with E-state index >= 15 is 0 Å². The Labute approximate surface area is 118 Å². The van der Waals surface area contributed by atoms with Gasteiger partial charge in [0.2, 0.25) is 0 Å². The first-order valence-electron chi connectivity index (χ1n) is 5.62. The van der Waals surface area contributed by atoms with Crippen LogP contribution in [-0.2, 0) is 6.54 Å². The van der Waals surface area contributed by atoms with Gasteiger partial charge < -0.3 is 9.30 Å². The molecule has 2 nitrogen and oxygen atoms in total. The third-order valence-electron chi connectivity index (χ3n) is 2.98. The second-order valence-corrected chi connectivity index (χ2v) is 5.92. The fourth-order valence-electron chi connectivity index (χ4n) is 2.04. The molecular formula is C14H12BrNOS. The molecule has 2 aromatic heterocycles. The molecule has 0 aliphatic rings. The molecule has 92 valence electrons. The number of benzene rings is 1. The molecular weight excluding hydrogens is 310 g/mol. The van der Waals surface area contributed by atoms with E-state index in [1.54, 1.807) is 18.4 Å². The number of halogens is 1. The predicted molar refractivity (Wildman–Crippen MR) is 79.6 cm³/mol.